The van der Waals surface area contributed by atoms with Crippen LogP contribution in [-0.4, -0.2) is 18.5 Å². The quantitative estimate of drug-likeness (QED) is 0.482. The second-order valence-corrected chi connectivity index (χ2v) is 10.3. The van der Waals surface area contributed by atoms with E-state index in [0.717, 1.165) is 0 Å². The van der Waals surface area contributed by atoms with Crippen LogP contribution in [0.3, 0.4) is 0 Å². The Morgan fingerprint density at radius 3 is 1.27 bits per heavy atom. The molecule has 0 aromatic heterocycles. The fourth-order valence-corrected chi connectivity index (χ4v) is 7.33. The molecule has 11 heavy (non-hydrogen) atoms. The van der Waals surface area contributed by atoms with Crippen LogP contribution in [0.2, 0.25) is 0 Å². The van der Waals surface area contributed by atoms with E-state index in [1.54, 1.807) is 0 Å². The van der Waals surface area contributed by atoms with Crippen LogP contribution in [0.5, 0.6) is 0 Å². The first kappa shape index (κ1) is 11.8. The monoisotopic (exact) mass is 194 g/mol. The van der Waals surface area contributed by atoms with Gasteiger partial charge in [-0.15, -0.1) is 0 Å². The summed E-state index contributed by atoms with van der Waals surface area (Å²) in [6.45, 7) is 5.79. The number of hydrogen-bond acceptors (Lipinski definition) is 1. The van der Waals surface area contributed by atoms with Gasteiger partial charge >= 0.3 is 77.2 Å². The summed E-state index contributed by atoms with van der Waals surface area (Å²) in [5.74, 6) is 0. The van der Waals surface area contributed by atoms with Crippen molar-refractivity contribution in [3.63, 3.8) is 0 Å². The maximum atomic E-state index is 4.90. The van der Waals surface area contributed by atoms with Crippen LogP contribution in [0.15, 0.2) is 0 Å². The van der Waals surface area contributed by atoms with Gasteiger partial charge in [0.05, 0.1) is 0 Å². The molecule has 0 atom stereocenters. The summed E-state index contributed by atoms with van der Waals surface area (Å²) in [7, 11) is 0. The van der Waals surface area contributed by atoms with Crippen LogP contribution < -0.4 is 0 Å². The zero-order valence-corrected chi connectivity index (χ0v) is 10.1. The SMILES string of the molecule is CCC[PH](S)(CCC)CCC. The Morgan fingerprint density at radius 2 is 1.09 bits per heavy atom. The molecule has 0 aliphatic rings. The van der Waals surface area contributed by atoms with Crippen LogP contribution in [0.1, 0.15) is 40.0 Å². The Bertz CT molecular complexity index is 76.5. The van der Waals surface area contributed by atoms with Crippen molar-refractivity contribution in [3.05, 3.63) is 0 Å². The average molecular weight is 194 g/mol. The molecule has 0 saturated carbocycles. The molecule has 0 bridgehead atoms. The van der Waals surface area contributed by atoms with Crippen molar-refractivity contribution in [1.29, 1.82) is 0 Å². The van der Waals surface area contributed by atoms with Crippen molar-refractivity contribution in [1.82, 2.24) is 0 Å². The molecular weight excluding hydrogens is 171 g/mol. The third-order valence-electron chi connectivity index (χ3n) is 2.15. The molecule has 0 saturated heterocycles. The Morgan fingerprint density at radius 1 is 0.818 bits per heavy atom. The van der Waals surface area contributed by atoms with E-state index in [2.05, 4.69) is 20.8 Å². The van der Waals surface area contributed by atoms with E-state index < -0.39 is 6.46 Å². The van der Waals surface area contributed by atoms with E-state index in [1.807, 2.05) is 0 Å². The van der Waals surface area contributed by atoms with Gasteiger partial charge in [0.25, 0.3) is 0 Å². The van der Waals surface area contributed by atoms with Crippen molar-refractivity contribution in [2.75, 3.05) is 18.5 Å². The van der Waals surface area contributed by atoms with Gasteiger partial charge < -0.3 is 0 Å². The molecule has 0 spiro atoms. The molecule has 70 valence electrons. The fourth-order valence-electron chi connectivity index (χ4n) is 1.77. The molecule has 0 aromatic rings. The van der Waals surface area contributed by atoms with Gasteiger partial charge in [-0.1, -0.05) is 0 Å². The Hall–Kier alpha value is 0.780. The van der Waals surface area contributed by atoms with Gasteiger partial charge in [0, 0.05) is 0 Å². The van der Waals surface area contributed by atoms with Gasteiger partial charge in [-0.05, 0) is 0 Å². The summed E-state index contributed by atoms with van der Waals surface area (Å²) in [6.07, 6.45) is 8.23. The molecular formula is C9H23PS. The van der Waals surface area contributed by atoms with Gasteiger partial charge in [-0.25, -0.2) is 0 Å². The van der Waals surface area contributed by atoms with Crippen LogP contribution >= 0.6 is 18.7 Å². The minimum atomic E-state index is -1.05. The van der Waals surface area contributed by atoms with Crippen molar-refractivity contribution in [2.24, 2.45) is 0 Å². The first-order chi connectivity index (χ1) is 5.18. The van der Waals surface area contributed by atoms with Crippen LogP contribution in [-0.2, 0) is 0 Å². The van der Waals surface area contributed by atoms with Crippen LogP contribution in [0.25, 0.3) is 0 Å². The molecule has 0 nitrogen and oxygen atoms in total. The summed E-state index contributed by atoms with van der Waals surface area (Å²) in [6, 6.07) is 0. The predicted octanol–water partition coefficient (Wildman–Crippen LogP) is 3.81. The third-order valence-corrected chi connectivity index (χ3v) is 8.45. The van der Waals surface area contributed by atoms with E-state index in [1.165, 1.54) is 37.7 Å². The molecule has 2 heteroatoms. The van der Waals surface area contributed by atoms with E-state index in [0.29, 0.717) is 0 Å². The van der Waals surface area contributed by atoms with Crippen LogP contribution in [0, 0.1) is 0 Å². The zero-order valence-electron chi connectivity index (χ0n) is 8.19. The Balaban J connectivity index is 3.79. The summed E-state index contributed by atoms with van der Waals surface area (Å²) in [5.41, 5.74) is 0. The minimum absolute atomic E-state index is 1.05. The molecule has 0 fully saturated rings. The molecule has 0 aromatic carbocycles. The molecule has 0 aliphatic heterocycles. The summed E-state index contributed by atoms with van der Waals surface area (Å²) >= 11 is 4.90. The number of hydrogen-bond donors (Lipinski definition) is 1. The van der Waals surface area contributed by atoms with Crippen molar-refractivity contribution in [2.45, 2.75) is 40.0 Å². The third kappa shape index (κ3) is 5.09. The van der Waals surface area contributed by atoms with Gasteiger partial charge in [0.15, 0.2) is 0 Å². The molecule has 0 amide bonds. The van der Waals surface area contributed by atoms with E-state index in [9.17, 15) is 0 Å². The van der Waals surface area contributed by atoms with Crippen LogP contribution in [0.4, 0.5) is 0 Å². The number of rotatable bonds is 6. The summed E-state index contributed by atoms with van der Waals surface area (Å²) in [4.78, 5) is 0. The molecule has 0 unspecified atom stereocenters. The maximum absolute atomic E-state index is 4.90. The first-order valence-electron chi connectivity index (χ1n) is 4.91. The normalized spacial score (nSPS) is 13.5. The summed E-state index contributed by atoms with van der Waals surface area (Å²) < 4.78 is 0. The molecule has 0 radical (unpaired) electrons. The van der Waals surface area contributed by atoms with Gasteiger partial charge in [0.1, 0.15) is 0 Å². The topological polar surface area (TPSA) is 0 Å². The molecule has 0 aliphatic carbocycles. The van der Waals surface area contributed by atoms with E-state index in [4.69, 9.17) is 12.2 Å². The molecule has 0 heterocycles. The zero-order chi connectivity index (χ0) is 8.74. The first-order valence-corrected chi connectivity index (χ1v) is 8.82. The van der Waals surface area contributed by atoms with Crippen molar-refractivity contribution < 1.29 is 0 Å². The fraction of sp³-hybridized carbons (Fsp3) is 1.00. The second kappa shape index (κ2) is 6.31. The van der Waals surface area contributed by atoms with Crippen molar-refractivity contribution >= 4 is 18.7 Å². The van der Waals surface area contributed by atoms with Gasteiger partial charge in [-0.3, -0.25) is 0 Å². The summed E-state index contributed by atoms with van der Waals surface area (Å²) in [5, 5.41) is 0. The Kier molecular flexibility index (Phi) is 6.76. The van der Waals surface area contributed by atoms with Crippen molar-refractivity contribution in [3.8, 4) is 0 Å². The number of thiol groups is 1. The molecule has 0 N–H and O–H groups in total. The predicted molar refractivity (Wildman–Crippen MR) is 62.8 cm³/mol. The second-order valence-electron chi connectivity index (χ2n) is 3.47. The van der Waals surface area contributed by atoms with Gasteiger partial charge in [0.2, 0.25) is 0 Å². The molecule has 0 rings (SSSR count). The average Bonchev–Trinajstić information content (AvgIpc) is 1.88. The van der Waals surface area contributed by atoms with Gasteiger partial charge in [-0.2, -0.15) is 0 Å². The standard InChI is InChI=1S/C9H23PS/c1-4-7-10(11,8-5-2)9-6-3/h10-11H,4-9H2,1-3H3. The van der Waals surface area contributed by atoms with E-state index in [-0.39, 0.29) is 0 Å². The van der Waals surface area contributed by atoms with E-state index >= 15 is 0 Å². The Labute approximate surface area is 77.6 Å².